The van der Waals surface area contributed by atoms with Crippen LogP contribution in [0.15, 0.2) is 6.07 Å². The first kappa shape index (κ1) is 16.0. The van der Waals surface area contributed by atoms with E-state index in [2.05, 4.69) is 36.0 Å². The molecule has 1 aliphatic heterocycles. The summed E-state index contributed by atoms with van der Waals surface area (Å²) in [5.41, 5.74) is 0. The van der Waals surface area contributed by atoms with Crippen molar-refractivity contribution in [3.63, 3.8) is 0 Å². The van der Waals surface area contributed by atoms with E-state index in [4.69, 9.17) is 14.5 Å². The second-order valence-corrected chi connectivity index (χ2v) is 5.61. The Labute approximate surface area is 126 Å². The van der Waals surface area contributed by atoms with E-state index in [1.54, 1.807) is 14.2 Å². The molecule has 2 atom stereocenters. The Bertz CT molecular complexity index is 455. The monoisotopic (exact) mass is 294 g/mol. The zero-order valence-electron chi connectivity index (χ0n) is 13.6. The lowest BCUT2D eigenvalue weighted by molar-refractivity contribution is -0.00461. The normalized spacial score (nSPS) is 22.1. The van der Waals surface area contributed by atoms with E-state index in [1.165, 1.54) is 0 Å². The number of hydrogen-bond donors (Lipinski definition) is 1. The van der Waals surface area contributed by atoms with Crippen molar-refractivity contribution < 1.29 is 9.47 Å². The third kappa shape index (κ3) is 3.63. The van der Waals surface area contributed by atoms with Crippen molar-refractivity contribution in [1.29, 1.82) is 0 Å². The van der Waals surface area contributed by atoms with Gasteiger partial charge in [-0.2, -0.15) is 0 Å². The van der Waals surface area contributed by atoms with E-state index in [0.29, 0.717) is 5.92 Å². The highest BCUT2D eigenvalue weighted by Gasteiger charge is 2.34. The molecule has 1 aliphatic rings. The molecule has 0 spiro atoms. The quantitative estimate of drug-likeness (QED) is 0.864. The van der Waals surface area contributed by atoms with Crippen molar-refractivity contribution in [3.8, 4) is 0 Å². The van der Waals surface area contributed by atoms with Gasteiger partial charge >= 0.3 is 0 Å². The van der Waals surface area contributed by atoms with Gasteiger partial charge in [0.15, 0.2) is 0 Å². The van der Waals surface area contributed by atoms with Gasteiger partial charge in [0.05, 0.1) is 0 Å². The summed E-state index contributed by atoms with van der Waals surface area (Å²) >= 11 is 0. The molecule has 21 heavy (non-hydrogen) atoms. The molecule has 0 bridgehead atoms. The Morgan fingerprint density at radius 2 is 1.86 bits per heavy atom. The second-order valence-electron chi connectivity index (χ2n) is 5.61. The highest BCUT2D eigenvalue weighted by molar-refractivity contribution is 5.50. The SMILES string of the molecule is CCNc1cc(N2CC(OC)C(OC)C2)nc(C(C)C)n1. The third-order valence-electron chi connectivity index (χ3n) is 3.75. The number of aromatic nitrogens is 2. The number of methoxy groups -OCH3 is 2. The molecule has 1 aromatic rings. The van der Waals surface area contributed by atoms with Crippen LogP contribution in [0.25, 0.3) is 0 Å². The van der Waals surface area contributed by atoms with Gasteiger partial charge in [0, 0.05) is 45.8 Å². The van der Waals surface area contributed by atoms with Crippen LogP contribution < -0.4 is 10.2 Å². The van der Waals surface area contributed by atoms with Gasteiger partial charge in [-0.1, -0.05) is 13.8 Å². The van der Waals surface area contributed by atoms with E-state index in [1.807, 2.05) is 6.07 Å². The Morgan fingerprint density at radius 3 is 2.33 bits per heavy atom. The molecular formula is C15H26N4O2. The van der Waals surface area contributed by atoms with Crippen LogP contribution >= 0.6 is 0 Å². The minimum atomic E-state index is 0.0787. The molecule has 1 saturated heterocycles. The number of nitrogens with one attached hydrogen (secondary N) is 1. The summed E-state index contributed by atoms with van der Waals surface area (Å²) in [6.07, 6.45) is 0.157. The van der Waals surface area contributed by atoms with Gasteiger partial charge < -0.3 is 19.7 Å². The highest BCUT2D eigenvalue weighted by atomic mass is 16.5. The Hall–Kier alpha value is -1.40. The lowest BCUT2D eigenvalue weighted by atomic mass is 10.2. The van der Waals surface area contributed by atoms with Crippen molar-refractivity contribution >= 4 is 11.6 Å². The van der Waals surface area contributed by atoms with Crippen molar-refractivity contribution in [1.82, 2.24) is 9.97 Å². The average molecular weight is 294 g/mol. The topological polar surface area (TPSA) is 59.5 Å². The Balaban J connectivity index is 2.26. The van der Waals surface area contributed by atoms with Crippen LogP contribution in [0.2, 0.25) is 0 Å². The van der Waals surface area contributed by atoms with E-state index in [0.717, 1.165) is 37.1 Å². The molecule has 6 heteroatoms. The predicted molar refractivity (Wildman–Crippen MR) is 84.1 cm³/mol. The smallest absolute Gasteiger partial charge is 0.135 e. The van der Waals surface area contributed by atoms with Crippen LogP contribution in [0.5, 0.6) is 0 Å². The van der Waals surface area contributed by atoms with Crippen LogP contribution in [0.1, 0.15) is 32.5 Å². The van der Waals surface area contributed by atoms with E-state index in [9.17, 15) is 0 Å². The lowest BCUT2D eigenvalue weighted by Crippen LogP contribution is -2.27. The van der Waals surface area contributed by atoms with Crippen molar-refractivity contribution in [2.45, 2.75) is 38.9 Å². The molecule has 0 saturated carbocycles. The van der Waals surface area contributed by atoms with Crippen molar-refractivity contribution in [3.05, 3.63) is 11.9 Å². The average Bonchev–Trinajstić information content (AvgIpc) is 2.90. The molecule has 2 heterocycles. The largest absolute Gasteiger partial charge is 0.377 e. The van der Waals surface area contributed by atoms with Gasteiger partial charge in [-0.15, -0.1) is 0 Å². The summed E-state index contributed by atoms with van der Waals surface area (Å²) in [7, 11) is 3.45. The molecule has 1 fully saturated rings. The van der Waals surface area contributed by atoms with Crippen LogP contribution in [0.3, 0.4) is 0 Å². The van der Waals surface area contributed by atoms with Crippen LogP contribution in [-0.2, 0) is 9.47 Å². The second kappa shape index (κ2) is 7.04. The molecule has 0 aliphatic carbocycles. The molecule has 0 aromatic carbocycles. The molecule has 6 nitrogen and oxygen atoms in total. The molecular weight excluding hydrogens is 268 g/mol. The van der Waals surface area contributed by atoms with Gasteiger partial charge in [-0.25, -0.2) is 9.97 Å². The zero-order valence-corrected chi connectivity index (χ0v) is 13.6. The van der Waals surface area contributed by atoms with Crippen molar-refractivity contribution in [2.75, 3.05) is 44.1 Å². The fourth-order valence-electron chi connectivity index (χ4n) is 2.53. The molecule has 0 amide bonds. The molecule has 0 radical (unpaired) electrons. The standard InChI is InChI=1S/C15H26N4O2/c1-6-16-13-7-14(18-15(17-13)10(2)3)19-8-11(20-4)12(9-19)21-5/h7,10-12H,6,8-9H2,1-5H3,(H,16,17,18). The predicted octanol–water partition coefficient (Wildman–Crippen LogP) is 1.88. The van der Waals surface area contributed by atoms with E-state index in [-0.39, 0.29) is 12.2 Å². The zero-order chi connectivity index (χ0) is 15.4. The summed E-state index contributed by atoms with van der Waals surface area (Å²) in [5, 5.41) is 3.28. The van der Waals surface area contributed by atoms with Gasteiger partial charge in [0.2, 0.25) is 0 Å². The number of anilines is 2. The first-order valence-corrected chi connectivity index (χ1v) is 7.52. The fraction of sp³-hybridized carbons (Fsp3) is 0.733. The fourth-order valence-corrected chi connectivity index (χ4v) is 2.53. The van der Waals surface area contributed by atoms with Crippen LogP contribution in [0, 0.1) is 0 Å². The van der Waals surface area contributed by atoms with E-state index < -0.39 is 0 Å². The summed E-state index contributed by atoms with van der Waals surface area (Å²) in [6.45, 7) is 8.69. The maximum absolute atomic E-state index is 5.50. The van der Waals surface area contributed by atoms with Gasteiger partial charge in [0.25, 0.3) is 0 Å². The minimum absolute atomic E-state index is 0.0787. The number of ether oxygens (including phenoxy) is 2. The molecule has 2 rings (SSSR count). The van der Waals surface area contributed by atoms with Crippen molar-refractivity contribution in [2.24, 2.45) is 0 Å². The summed E-state index contributed by atoms with van der Waals surface area (Å²) < 4.78 is 11.0. The maximum Gasteiger partial charge on any atom is 0.135 e. The first-order chi connectivity index (χ1) is 10.1. The minimum Gasteiger partial charge on any atom is -0.377 e. The number of nitrogens with zero attached hydrogens (tertiary/aromatic N) is 3. The van der Waals surface area contributed by atoms with Gasteiger partial charge in [-0.3, -0.25) is 0 Å². The Morgan fingerprint density at radius 1 is 1.24 bits per heavy atom. The molecule has 1 aromatic heterocycles. The summed E-state index contributed by atoms with van der Waals surface area (Å²) in [6, 6.07) is 2.00. The molecule has 1 N–H and O–H groups in total. The van der Waals surface area contributed by atoms with Crippen LogP contribution in [-0.4, -0.2) is 56.0 Å². The van der Waals surface area contributed by atoms with Gasteiger partial charge in [-0.05, 0) is 6.92 Å². The first-order valence-electron chi connectivity index (χ1n) is 7.52. The number of hydrogen-bond acceptors (Lipinski definition) is 6. The third-order valence-corrected chi connectivity index (χ3v) is 3.75. The summed E-state index contributed by atoms with van der Waals surface area (Å²) in [5.74, 6) is 2.96. The maximum atomic E-state index is 5.50. The van der Waals surface area contributed by atoms with E-state index >= 15 is 0 Å². The molecule has 118 valence electrons. The summed E-state index contributed by atoms with van der Waals surface area (Å²) in [4.78, 5) is 11.5. The lowest BCUT2D eigenvalue weighted by Gasteiger charge is -2.19. The van der Waals surface area contributed by atoms with Gasteiger partial charge in [0.1, 0.15) is 29.7 Å². The van der Waals surface area contributed by atoms with Crippen LogP contribution in [0.4, 0.5) is 11.6 Å². The molecule has 2 unspecified atom stereocenters. The Kier molecular flexibility index (Phi) is 5.36. The highest BCUT2D eigenvalue weighted by Crippen LogP contribution is 2.25. The number of rotatable bonds is 6.